The van der Waals surface area contributed by atoms with Crippen LogP contribution in [0.15, 0.2) is 54.6 Å². The molecule has 2 aromatic rings. The fourth-order valence-corrected chi connectivity index (χ4v) is 2.78. The summed E-state index contributed by atoms with van der Waals surface area (Å²) in [6.45, 7) is 0.510. The number of nitrogens with one attached hydrogen (secondary N) is 2. The van der Waals surface area contributed by atoms with Crippen LogP contribution in [0.3, 0.4) is 0 Å². The summed E-state index contributed by atoms with van der Waals surface area (Å²) in [6, 6.07) is 17.6. The van der Waals surface area contributed by atoms with E-state index in [4.69, 9.17) is 5.73 Å². The van der Waals surface area contributed by atoms with Crippen molar-refractivity contribution < 1.29 is 4.79 Å². The van der Waals surface area contributed by atoms with Gasteiger partial charge in [0.05, 0.1) is 6.04 Å². The molecule has 0 saturated heterocycles. The molecule has 1 aliphatic carbocycles. The largest absolute Gasteiger partial charge is 0.334 e. The molecule has 2 unspecified atom stereocenters. The normalized spacial score (nSPS) is 19.9. The van der Waals surface area contributed by atoms with Crippen LogP contribution in [0.2, 0.25) is 0 Å². The Kier molecular flexibility index (Phi) is 3.88. The van der Waals surface area contributed by atoms with E-state index in [2.05, 4.69) is 16.7 Å². The van der Waals surface area contributed by atoms with Crippen molar-refractivity contribution in [2.24, 2.45) is 5.73 Å². The van der Waals surface area contributed by atoms with Crippen molar-refractivity contribution in [3.8, 4) is 0 Å². The van der Waals surface area contributed by atoms with Crippen molar-refractivity contribution in [3.63, 3.8) is 0 Å². The highest BCUT2D eigenvalue weighted by Gasteiger charge is 2.30. The van der Waals surface area contributed by atoms with E-state index in [0.717, 1.165) is 17.5 Å². The summed E-state index contributed by atoms with van der Waals surface area (Å²) in [6.07, 6.45) is 0.805. The summed E-state index contributed by atoms with van der Waals surface area (Å²) < 4.78 is 0. The topological polar surface area (TPSA) is 67.1 Å². The minimum atomic E-state index is -0.184. The summed E-state index contributed by atoms with van der Waals surface area (Å²) in [5, 5.41) is 5.85. The summed E-state index contributed by atoms with van der Waals surface area (Å²) in [4.78, 5) is 12.0. The van der Waals surface area contributed by atoms with Crippen LogP contribution in [-0.4, -0.2) is 12.1 Å². The molecule has 0 radical (unpaired) electrons. The Morgan fingerprint density at radius 2 is 1.81 bits per heavy atom. The van der Waals surface area contributed by atoms with E-state index in [-0.39, 0.29) is 18.1 Å². The molecule has 1 aliphatic rings. The first-order chi connectivity index (χ1) is 10.2. The van der Waals surface area contributed by atoms with Gasteiger partial charge in [-0.1, -0.05) is 54.6 Å². The molecule has 108 valence electrons. The molecular formula is C17H19N3O. The van der Waals surface area contributed by atoms with Crippen LogP contribution in [0.5, 0.6) is 0 Å². The number of rotatable bonds is 3. The van der Waals surface area contributed by atoms with Crippen molar-refractivity contribution in [3.05, 3.63) is 71.3 Å². The van der Waals surface area contributed by atoms with Crippen LogP contribution in [0, 0.1) is 0 Å². The van der Waals surface area contributed by atoms with Crippen LogP contribution in [-0.2, 0) is 13.0 Å². The lowest BCUT2D eigenvalue weighted by Gasteiger charge is -2.19. The first-order valence-corrected chi connectivity index (χ1v) is 7.16. The van der Waals surface area contributed by atoms with Gasteiger partial charge >= 0.3 is 6.03 Å². The number of carbonyl (C=O) groups is 1. The van der Waals surface area contributed by atoms with E-state index in [1.54, 1.807) is 0 Å². The molecule has 4 nitrogen and oxygen atoms in total. The van der Waals surface area contributed by atoms with Gasteiger partial charge in [0.2, 0.25) is 0 Å². The Balaban J connectivity index is 1.60. The molecule has 3 rings (SSSR count). The molecule has 4 heteroatoms. The lowest BCUT2D eigenvalue weighted by molar-refractivity contribution is 0.235. The molecular weight excluding hydrogens is 262 g/mol. The Bertz CT molecular complexity index is 627. The minimum Gasteiger partial charge on any atom is -0.334 e. The fourth-order valence-electron chi connectivity index (χ4n) is 2.78. The van der Waals surface area contributed by atoms with Gasteiger partial charge in [0, 0.05) is 12.6 Å². The van der Waals surface area contributed by atoms with Crippen LogP contribution < -0.4 is 16.4 Å². The Morgan fingerprint density at radius 3 is 2.62 bits per heavy atom. The van der Waals surface area contributed by atoms with Crippen LogP contribution in [0.25, 0.3) is 0 Å². The van der Waals surface area contributed by atoms with Crippen LogP contribution in [0.4, 0.5) is 4.79 Å². The summed E-state index contributed by atoms with van der Waals surface area (Å²) in [7, 11) is 0. The first-order valence-electron chi connectivity index (χ1n) is 7.16. The van der Waals surface area contributed by atoms with Crippen molar-refractivity contribution in [2.75, 3.05) is 0 Å². The predicted molar refractivity (Wildman–Crippen MR) is 82.7 cm³/mol. The van der Waals surface area contributed by atoms with Gasteiger partial charge in [0.15, 0.2) is 0 Å². The van der Waals surface area contributed by atoms with Gasteiger partial charge in [-0.3, -0.25) is 0 Å². The monoisotopic (exact) mass is 281 g/mol. The average Bonchev–Trinajstić information content (AvgIpc) is 2.82. The van der Waals surface area contributed by atoms with Gasteiger partial charge in [0.1, 0.15) is 0 Å². The number of amides is 2. The molecule has 0 spiro atoms. The highest BCUT2D eigenvalue weighted by Crippen LogP contribution is 2.29. The SMILES string of the molecule is NC1Cc2ccccc2C1NC(=O)NCc1ccccc1. The second kappa shape index (κ2) is 5.97. The van der Waals surface area contributed by atoms with Crippen molar-refractivity contribution in [1.29, 1.82) is 0 Å². The van der Waals surface area contributed by atoms with Crippen LogP contribution in [0.1, 0.15) is 22.7 Å². The molecule has 0 saturated carbocycles. The molecule has 2 amide bonds. The van der Waals surface area contributed by atoms with Crippen LogP contribution >= 0.6 is 0 Å². The maximum Gasteiger partial charge on any atom is 0.315 e. The molecule has 0 fully saturated rings. The zero-order valence-corrected chi connectivity index (χ0v) is 11.8. The van der Waals surface area contributed by atoms with Crippen molar-refractivity contribution in [2.45, 2.75) is 25.0 Å². The van der Waals surface area contributed by atoms with E-state index >= 15 is 0 Å². The number of fused-ring (bicyclic) bond motifs is 1. The average molecular weight is 281 g/mol. The molecule has 0 bridgehead atoms. The molecule has 0 heterocycles. The third-order valence-electron chi connectivity index (χ3n) is 3.86. The number of carbonyl (C=O) groups excluding carboxylic acids is 1. The number of benzene rings is 2. The minimum absolute atomic E-state index is 0.0649. The highest BCUT2D eigenvalue weighted by atomic mass is 16.2. The van der Waals surface area contributed by atoms with E-state index in [9.17, 15) is 4.79 Å². The Morgan fingerprint density at radius 1 is 1.10 bits per heavy atom. The van der Waals surface area contributed by atoms with Gasteiger partial charge in [0.25, 0.3) is 0 Å². The molecule has 21 heavy (non-hydrogen) atoms. The summed E-state index contributed by atoms with van der Waals surface area (Å²) in [5.74, 6) is 0. The van der Waals surface area contributed by atoms with Crippen molar-refractivity contribution >= 4 is 6.03 Å². The lowest BCUT2D eigenvalue weighted by Crippen LogP contribution is -2.43. The predicted octanol–water partition coefficient (Wildman–Crippen LogP) is 2.11. The van der Waals surface area contributed by atoms with E-state index < -0.39 is 0 Å². The van der Waals surface area contributed by atoms with Gasteiger partial charge in [-0.15, -0.1) is 0 Å². The second-order valence-corrected chi connectivity index (χ2v) is 5.36. The number of hydrogen-bond acceptors (Lipinski definition) is 2. The maximum absolute atomic E-state index is 12.0. The summed E-state index contributed by atoms with van der Waals surface area (Å²) in [5.41, 5.74) is 9.56. The Hall–Kier alpha value is -2.33. The molecule has 2 atom stereocenters. The fraction of sp³-hybridized carbons (Fsp3) is 0.235. The maximum atomic E-state index is 12.0. The van der Waals surface area contributed by atoms with E-state index in [1.165, 1.54) is 5.56 Å². The van der Waals surface area contributed by atoms with E-state index in [0.29, 0.717) is 6.54 Å². The molecule has 0 aromatic heterocycles. The highest BCUT2D eigenvalue weighted by molar-refractivity contribution is 5.74. The van der Waals surface area contributed by atoms with Gasteiger partial charge in [-0.25, -0.2) is 4.79 Å². The Labute approximate surface area is 124 Å². The van der Waals surface area contributed by atoms with Gasteiger partial charge in [-0.2, -0.15) is 0 Å². The van der Waals surface area contributed by atoms with Gasteiger partial charge in [-0.05, 0) is 23.1 Å². The van der Waals surface area contributed by atoms with Crippen molar-refractivity contribution in [1.82, 2.24) is 10.6 Å². The first kappa shape index (κ1) is 13.6. The zero-order chi connectivity index (χ0) is 14.7. The zero-order valence-electron chi connectivity index (χ0n) is 11.8. The van der Waals surface area contributed by atoms with E-state index in [1.807, 2.05) is 48.5 Å². The summed E-state index contributed by atoms with van der Waals surface area (Å²) >= 11 is 0. The molecule has 4 N–H and O–H groups in total. The standard InChI is InChI=1S/C17H19N3O/c18-15-10-13-8-4-5-9-14(13)16(15)20-17(21)19-11-12-6-2-1-3-7-12/h1-9,15-16H,10-11,18H2,(H2,19,20,21). The smallest absolute Gasteiger partial charge is 0.315 e. The van der Waals surface area contributed by atoms with Gasteiger partial charge < -0.3 is 16.4 Å². The lowest BCUT2D eigenvalue weighted by atomic mass is 10.1. The molecule has 0 aliphatic heterocycles. The number of hydrogen-bond donors (Lipinski definition) is 3. The third-order valence-corrected chi connectivity index (χ3v) is 3.86. The number of nitrogens with two attached hydrogens (primary N) is 1. The third kappa shape index (κ3) is 3.06. The quantitative estimate of drug-likeness (QED) is 0.806. The number of urea groups is 1. The second-order valence-electron chi connectivity index (χ2n) is 5.36. The molecule has 2 aromatic carbocycles.